The van der Waals surface area contributed by atoms with Crippen molar-refractivity contribution in [1.29, 1.82) is 0 Å². The molecule has 2 aromatic carbocycles. The largest absolute Gasteiger partial charge is 0.360 e. The Hall–Kier alpha value is -2.00. The minimum absolute atomic E-state index is 0.0394. The molecule has 2 aromatic rings. The van der Waals surface area contributed by atoms with Crippen molar-refractivity contribution >= 4 is 73.4 Å². The predicted molar refractivity (Wildman–Crippen MR) is 117 cm³/mol. The van der Waals surface area contributed by atoms with E-state index in [1.165, 1.54) is 59.9 Å². The number of rotatable bonds is 8. The van der Waals surface area contributed by atoms with Gasteiger partial charge >= 0.3 is 0 Å². The Morgan fingerprint density at radius 3 is 1.86 bits per heavy atom. The second-order valence-electron chi connectivity index (χ2n) is 5.81. The van der Waals surface area contributed by atoms with Gasteiger partial charge in [0.1, 0.15) is 15.3 Å². The van der Waals surface area contributed by atoms with Gasteiger partial charge in [0.15, 0.2) is 0 Å². The summed E-state index contributed by atoms with van der Waals surface area (Å²) in [6, 6.07) is 8.49. The van der Waals surface area contributed by atoms with Crippen molar-refractivity contribution in [1.82, 2.24) is 4.72 Å². The molecule has 0 saturated carbocycles. The molecule has 9 nitrogen and oxygen atoms in total. The first-order valence-corrected chi connectivity index (χ1v) is 12.1. The van der Waals surface area contributed by atoms with Crippen LogP contribution in [0.15, 0.2) is 46.2 Å². The summed E-state index contributed by atoms with van der Waals surface area (Å²) < 4.78 is 68.9. The molecule has 0 spiro atoms. The molecule has 1 atom stereocenters. The Morgan fingerprint density at radius 1 is 0.931 bits per heavy atom. The van der Waals surface area contributed by atoms with E-state index in [1.807, 2.05) is 0 Å². The summed E-state index contributed by atoms with van der Waals surface area (Å²) in [5, 5.41) is 5.64. The fraction of sp³-hybridized carbons (Fsp3) is 0.0625. The third-order valence-electron chi connectivity index (χ3n) is 3.78. The average molecular weight is 474 g/mol. The lowest BCUT2D eigenvalue weighted by Crippen LogP contribution is -2.07. The Morgan fingerprint density at radius 2 is 1.41 bits per heavy atom. The van der Waals surface area contributed by atoms with E-state index in [0.29, 0.717) is 11.4 Å². The minimum atomic E-state index is -4.56. The first-order valence-electron chi connectivity index (χ1n) is 7.87. The molecule has 0 aromatic heterocycles. The van der Waals surface area contributed by atoms with Crippen LogP contribution in [0.4, 0.5) is 11.4 Å². The number of hydrogen-bond acceptors (Lipinski definition) is 8. The number of benzene rings is 2. The van der Waals surface area contributed by atoms with Crippen LogP contribution in [0.25, 0.3) is 12.2 Å². The average Bonchev–Trinajstić information content (AvgIpc) is 3.44. The molecule has 1 aliphatic rings. The molecule has 1 saturated heterocycles. The Bertz CT molecular complexity index is 1190. The molecule has 0 amide bonds. The smallest absolute Gasteiger partial charge is 0.295 e. The number of hydrogen-bond donors (Lipinski definition) is 5. The monoisotopic (exact) mass is 473 g/mol. The highest BCUT2D eigenvalue weighted by molar-refractivity contribution is 8.04. The second kappa shape index (κ2) is 8.39. The fourth-order valence-corrected chi connectivity index (χ4v) is 4.34. The molecule has 154 valence electrons. The van der Waals surface area contributed by atoms with E-state index in [-0.39, 0.29) is 26.4 Å². The van der Waals surface area contributed by atoms with Crippen LogP contribution >= 0.6 is 24.2 Å². The highest BCUT2D eigenvalue weighted by Gasteiger charge is 2.23. The summed E-state index contributed by atoms with van der Waals surface area (Å²) >= 11 is 6.07. The van der Waals surface area contributed by atoms with E-state index >= 15 is 0 Å². The van der Waals surface area contributed by atoms with Crippen LogP contribution < -0.4 is 15.4 Å². The van der Waals surface area contributed by atoms with Crippen molar-refractivity contribution in [3.05, 3.63) is 47.5 Å². The second-order valence-corrected chi connectivity index (χ2v) is 9.77. The van der Waals surface area contributed by atoms with Gasteiger partial charge in [-0.1, -0.05) is 36.5 Å². The summed E-state index contributed by atoms with van der Waals surface area (Å²) in [4.78, 5) is -0.740. The maximum absolute atomic E-state index is 11.8. The fourth-order valence-electron chi connectivity index (χ4n) is 2.46. The summed E-state index contributed by atoms with van der Waals surface area (Å²) in [6.45, 7) is 0. The normalized spacial score (nSPS) is 16.6. The van der Waals surface area contributed by atoms with Gasteiger partial charge in [0.05, 0.1) is 5.49 Å². The maximum Gasteiger partial charge on any atom is 0.295 e. The first kappa shape index (κ1) is 21.7. The lowest BCUT2D eigenvalue weighted by atomic mass is 10.1. The minimum Gasteiger partial charge on any atom is -0.360 e. The van der Waals surface area contributed by atoms with Crippen molar-refractivity contribution < 1.29 is 25.9 Å². The van der Waals surface area contributed by atoms with Crippen LogP contribution in [-0.2, 0) is 20.2 Å². The Balaban J connectivity index is 2.02. The van der Waals surface area contributed by atoms with Crippen LogP contribution in [0.5, 0.6) is 0 Å². The molecule has 29 heavy (non-hydrogen) atoms. The van der Waals surface area contributed by atoms with Gasteiger partial charge in [0.25, 0.3) is 20.2 Å². The molecule has 1 fully saturated rings. The third kappa shape index (κ3) is 5.76. The number of thiocarbonyl (C=S) groups is 1. The summed E-state index contributed by atoms with van der Waals surface area (Å²) in [5.41, 5.74) is 2.23. The number of anilines is 2. The summed E-state index contributed by atoms with van der Waals surface area (Å²) in [6.07, 6.45) is 2.65. The van der Waals surface area contributed by atoms with Crippen molar-refractivity contribution in [3.63, 3.8) is 0 Å². The van der Waals surface area contributed by atoms with Crippen molar-refractivity contribution in [2.24, 2.45) is 0 Å². The van der Waals surface area contributed by atoms with E-state index < -0.39 is 20.2 Å². The van der Waals surface area contributed by atoms with Gasteiger partial charge in [-0.2, -0.15) is 16.8 Å². The molecular formula is C16H15N3O6S4. The van der Waals surface area contributed by atoms with Crippen LogP contribution in [0.3, 0.4) is 0 Å². The Kier molecular flexibility index (Phi) is 6.28. The van der Waals surface area contributed by atoms with E-state index in [9.17, 15) is 25.9 Å². The van der Waals surface area contributed by atoms with E-state index in [2.05, 4.69) is 27.6 Å². The maximum atomic E-state index is 11.8. The quantitative estimate of drug-likeness (QED) is 0.126. The first-order chi connectivity index (χ1) is 13.6. The SMILES string of the molecule is O=S(=O)(O)c1cc(NC=S)ccc1/C=C/c1ccc(N[C@@H]2NS2)cc1S(=O)(=O)O. The molecule has 3 rings (SSSR count). The van der Waals surface area contributed by atoms with E-state index in [1.54, 1.807) is 6.07 Å². The van der Waals surface area contributed by atoms with Crippen LogP contribution in [0, 0.1) is 0 Å². The molecule has 0 unspecified atom stereocenters. The van der Waals surface area contributed by atoms with Crippen molar-refractivity contribution in [2.75, 3.05) is 10.6 Å². The van der Waals surface area contributed by atoms with Gasteiger partial charge in [-0.05, 0) is 47.3 Å². The van der Waals surface area contributed by atoms with Crippen LogP contribution in [-0.4, -0.2) is 36.9 Å². The van der Waals surface area contributed by atoms with Gasteiger partial charge in [0.2, 0.25) is 0 Å². The molecule has 0 aliphatic carbocycles. The molecule has 1 aliphatic heterocycles. The van der Waals surface area contributed by atoms with Crippen molar-refractivity contribution in [2.45, 2.75) is 15.3 Å². The van der Waals surface area contributed by atoms with E-state index in [0.717, 1.165) is 0 Å². The predicted octanol–water partition coefficient (Wildman–Crippen LogP) is 2.67. The zero-order valence-corrected chi connectivity index (χ0v) is 17.7. The highest BCUT2D eigenvalue weighted by Crippen LogP contribution is 2.28. The summed E-state index contributed by atoms with van der Waals surface area (Å²) in [7, 11) is -9.10. The van der Waals surface area contributed by atoms with Gasteiger partial charge in [-0.3, -0.25) is 9.11 Å². The summed E-state index contributed by atoms with van der Waals surface area (Å²) in [5.74, 6) is 0. The molecule has 0 radical (unpaired) electrons. The molecule has 13 heteroatoms. The van der Waals surface area contributed by atoms with Gasteiger partial charge in [-0.25, -0.2) is 4.72 Å². The van der Waals surface area contributed by atoms with Crippen molar-refractivity contribution in [3.8, 4) is 0 Å². The molecule has 5 N–H and O–H groups in total. The third-order valence-corrected chi connectivity index (χ3v) is 6.31. The lowest BCUT2D eigenvalue weighted by Gasteiger charge is -2.09. The Labute approximate surface area is 177 Å². The highest BCUT2D eigenvalue weighted by atomic mass is 32.2. The number of nitrogens with one attached hydrogen (secondary N) is 3. The molecule has 0 bridgehead atoms. The zero-order valence-electron chi connectivity index (χ0n) is 14.4. The lowest BCUT2D eigenvalue weighted by molar-refractivity contribution is 0.480. The van der Waals surface area contributed by atoms with Gasteiger partial charge in [-0.15, -0.1) is 0 Å². The standard InChI is InChI=1S/C16H15N3O6S4/c20-28(21,22)14-7-12(17-9-26)5-3-10(14)1-2-11-4-6-13(18-16-19-27-16)8-15(11)29(23,24)25/h1-9,16,18-19H,(H,17,26)(H,20,21,22)(H,23,24,25)/b2-1+/t16-/m1/s1. The van der Waals surface area contributed by atoms with Crippen LogP contribution in [0.2, 0.25) is 0 Å². The van der Waals surface area contributed by atoms with Crippen LogP contribution in [0.1, 0.15) is 11.1 Å². The van der Waals surface area contributed by atoms with Gasteiger partial charge in [0, 0.05) is 11.4 Å². The zero-order chi connectivity index (χ0) is 21.2. The van der Waals surface area contributed by atoms with E-state index in [4.69, 9.17) is 0 Å². The van der Waals surface area contributed by atoms with Gasteiger partial charge < -0.3 is 10.6 Å². The molecule has 1 heterocycles. The molecular weight excluding hydrogens is 458 g/mol. The topological polar surface area (TPSA) is 155 Å².